The monoisotopic (exact) mass is 325 g/mol. The van der Waals surface area contributed by atoms with E-state index in [2.05, 4.69) is 26.1 Å². The summed E-state index contributed by atoms with van der Waals surface area (Å²) in [5.41, 5.74) is 6.17. The fourth-order valence-electron chi connectivity index (χ4n) is 2.55. The highest BCUT2D eigenvalue weighted by Gasteiger charge is 2.13. The number of benzene rings is 2. The van der Waals surface area contributed by atoms with Crippen LogP contribution in [-0.2, 0) is 0 Å². The van der Waals surface area contributed by atoms with E-state index in [4.69, 9.17) is 0 Å². The average Bonchev–Trinajstić information content (AvgIpc) is 2.54. The number of rotatable bonds is 4. The SMILES string of the molecule is CC(C)=C(C)c1cc(C(=O)NC(C)c2ccc(F)cc2)ccc1C. The van der Waals surface area contributed by atoms with Gasteiger partial charge in [-0.2, -0.15) is 0 Å². The van der Waals surface area contributed by atoms with Crippen molar-refractivity contribution in [1.82, 2.24) is 5.32 Å². The standard InChI is InChI=1S/C21H24FNO/c1-13(2)15(4)20-12-18(7-6-14(20)3)21(24)23-16(5)17-8-10-19(22)11-9-17/h6-12,16H,1-5H3,(H,23,24). The molecule has 2 aromatic carbocycles. The minimum Gasteiger partial charge on any atom is -0.346 e. The largest absolute Gasteiger partial charge is 0.346 e. The molecule has 0 aliphatic rings. The van der Waals surface area contributed by atoms with Gasteiger partial charge in [-0.1, -0.05) is 23.8 Å². The van der Waals surface area contributed by atoms with E-state index in [1.54, 1.807) is 12.1 Å². The van der Waals surface area contributed by atoms with E-state index in [-0.39, 0.29) is 17.8 Å². The van der Waals surface area contributed by atoms with Crippen molar-refractivity contribution >= 4 is 11.5 Å². The fraction of sp³-hybridized carbons (Fsp3) is 0.286. The molecule has 0 fully saturated rings. The molecule has 24 heavy (non-hydrogen) atoms. The lowest BCUT2D eigenvalue weighted by molar-refractivity contribution is 0.0940. The summed E-state index contributed by atoms with van der Waals surface area (Å²) in [4.78, 5) is 12.6. The highest BCUT2D eigenvalue weighted by atomic mass is 19.1. The lowest BCUT2D eigenvalue weighted by Crippen LogP contribution is -2.26. The molecule has 1 unspecified atom stereocenters. The van der Waals surface area contributed by atoms with Crippen LogP contribution in [0.2, 0.25) is 0 Å². The van der Waals surface area contributed by atoms with Gasteiger partial charge in [-0.25, -0.2) is 4.39 Å². The van der Waals surface area contributed by atoms with Gasteiger partial charge in [-0.3, -0.25) is 4.79 Å². The molecule has 126 valence electrons. The summed E-state index contributed by atoms with van der Waals surface area (Å²) in [5, 5.41) is 2.97. The van der Waals surface area contributed by atoms with Crippen molar-refractivity contribution in [2.24, 2.45) is 0 Å². The minimum absolute atomic E-state index is 0.130. The summed E-state index contributed by atoms with van der Waals surface area (Å²) >= 11 is 0. The third kappa shape index (κ3) is 4.10. The van der Waals surface area contributed by atoms with Gasteiger partial charge >= 0.3 is 0 Å². The second-order valence-corrected chi connectivity index (χ2v) is 6.40. The number of hydrogen-bond acceptors (Lipinski definition) is 1. The first-order valence-electron chi connectivity index (χ1n) is 8.11. The van der Waals surface area contributed by atoms with E-state index in [0.717, 1.165) is 16.7 Å². The average molecular weight is 325 g/mol. The predicted octanol–water partition coefficient (Wildman–Crippen LogP) is 5.44. The zero-order chi connectivity index (χ0) is 17.9. The Morgan fingerprint density at radius 3 is 2.25 bits per heavy atom. The van der Waals surface area contributed by atoms with Crippen LogP contribution in [0, 0.1) is 12.7 Å². The number of nitrogens with one attached hydrogen (secondary N) is 1. The number of allylic oxidation sites excluding steroid dienone is 2. The smallest absolute Gasteiger partial charge is 0.251 e. The van der Waals surface area contributed by atoms with Gasteiger partial charge < -0.3 is 5.32 Å². The summed E-state index contributed by atoms with van der Waals surface area (Å²) in [6, 6.07) is 11.7. The third-order valence-electron chi connectivity index (χ3n) is 4.37. The molecule has 2 rings (SSSR count). The molecule has 0 bridgehead atoms. The van der Waals surface area contributed by atoms with Crippen LogP contribution in [0.25, 0.3) is 5.57 Å². The number of carbonyl (C=O) groups excluding carboxylic acids is 1. The van der Waals surface area contributed by atoms with Crippen molar-refractivity contribution in [3.8, 4) is 0 Å². The fourth-order valence-corrected chi connectivity index (χ4v) is 2.55. The molecule has 1 N–H and O–H groups in total. The summed E-state index contributed by atoms with van der Waals surface area (Å²) in [6.45, 7) is 10.1. The van der Waals surface area contributed by atoms with E-state index in [9.17, 15) is 9.18 Å². The maximum absolute atomic E-state index is 13.0. The number of amides is 1. The van der Waals surface area contributed by atoms with Crippen LogP contribution < -0.4 is 5.32 Å². The first-order valence-corrected chi connectivity index (χ1v) is 8.11. The van der Waals surface area contributed by atoms with E-state index in [1.165, 1.54) is 23.3 Å². The Balaban J connectivity index is 2.22. The Bertz CT molecular complexity index is 771. The second-order valence-electron chi connectivity index (χ2n) is 6.40. The molecule has 0 spiro atoms. The normalized spacial score (nSPS) is 11.8. The first-order chi connectivity index (χ1) is 11.3. The van der Waals surface area contributed by atoms with E-state index in [1.807, 2.05) is 32.0 Å². The topological polar surface area (TPSA) is 29.1 Å². The lowest BCUT2D eigenvalue weighted by Gasteiger charge is -2.16. The summed E-state index contributed by atoms with van der Waals surface area (Å²) < 4.78 is 13.0. The van der Waals surface area contributed by atoms with Crippen LogP contribution >= 0.6 is 0 Å². The van der Waals surface area contributed by atoms with Gasteiger partial charge in [0.15, 0.2) is 0 Å². The summed E-state index contributed by atoms with van der Waals surface area (Å²) in [7, 11) is 0. The van der Waals surface area contributed by atoms with Crippen LogP contribution in [0.15, 0.2) is 48.0 Å². The molecule has 3 heteroatoms. The molecule has 0 aliphatic carbocycles. The van der Waals surface area contributed by atoms with Crippen LogP contribution in [-0.4, -0.2) is 5.91 Å². The maximum atomic E-state index is 13.0. The first kappa shape index (κ1) is 17.9. The summed E-state index contributed by atoms with van der Waals surface area (Å²) in [6.07, 6.45) is 0. The molecule has 1 atom stereocenters. The van der Waals surface area contributed by atoms with Crippen LogP contribution in [0.4, 0.5) is 4.39 Å². The molecule has 1 amide bonds. The van der Waals surface area contributed by atoms with Gasteiger partial charge in [-0.15, -0.1) is 0 Å². The molecule has 2 nitrogen and oxygen atoms in total. The molecular weight excluding hydrogens is 301 g/mol. The van der Waals surface area contributed by atoms with Gasteiger partial charge in [0, 0.05) is 5.56 Å². The van der Waals surface area contributed by atoms with E-state index in [0.29, 0.717) is 5.56 Å². The summed E-state index contributed by atoms with van der Waals surface area (Å²) in [5.74, 6) is -0.410. The third-order valence-corrected chi connectivity index (χ3v) is 4.37. The molecule has 2 aromatic rings. The maximum Gasteiger partial charge on any atom is 0.251 e. The molecule has 0 radical (unpaired) electrons. The molecule has 0 aromatic heterocycles. The van der Waals surface area contributed by atoms with Crippen molar-refractivity contribution in [1.29, 1.82) is 0 Å². The molecule has 0 heterocycles. The van der Waals surface area contributed by atoms with Crippen LogP contribution in [0.1, 0.15) is 60.8 Å². The Labute approximate surface area is 143 Å². The van der Waals surface area contributed by atoms with Crippen molar-refractivity contribution < 1.29 is 9.18 Å². The predicted molar refractivity (Wildman–Crippen MR) is 97.4 cm³/mol. The van der Waals surface area contributed by atoms with Gasteiger partial charge in [-0.05, 0) is 81.1 Å². The van der Waals surface area contributed by atoms with Gasteiger partial charge in [0.25, 0.3) is 5.91 Å². The number of halogens is 1. The molecule has 0 aliphatic heterocycles. The zero-order valence-electron chi connectivity index (χ0n) is 14.9. The highest BCUT2D eigenvalue weighted by Crippen LogP contribution is 2.23. The van der Waals surface area contributed by atoms with Crippen molar-refractivity contribution in [3.63, 3.8) is 0 Å². The van der Waals surface area contributed by atoms with Gasteiger partial charge in [0.05, 0.1) is 6.04 Å². The quantitative estimate of drug-likeness (QED) is 0.797. The Kier molecular flexibility index (Phi) is 5.55. The highest BCUT2D eigenvalue weighted by molar-refractivity contribution is 5.95. The number of hydrogen-bond donors (Lipinski definition) is 1. The number of aryl methyl sites for hydroxylation is 1. The number of carbonyl (C=O) groups is 1. The van der Waals surface area contributed by atoms with Crippen molar-refractivity contribution in [3.05, 3.63) is 76.1 Å². The van der Waals surface area contributed by atoms with Crippen LogP contribution in [0.3, 0.4) is 0 Å². The Hall–Kier alpha value is -2.42. The van der Waals surface area contributed by atoms with E-state index < -0.39 is 0 Å². The Morgan fingerprint density at radius 2 is 1.67 bits per heavy atom. The van der Waals surface area contributed by atoms with Crippen molar-refractivity contribution in [2.45, 2.75) is 40.7 Å². The van der Waals surface area contributed by atoms with Gasteiger partial charge in [0.1, 0.15) is 5.82 Å². The van der Waals surface area contributed by atoms with Gasteiger partial charge in [0.2, 0.25) is 0 Å². The van der Waals surface area contributed by atoms with Crippen LogP contribution in [0.5, 0.6) is 0 Å². The zero-order valence-corrected chi connectivity index (χ0v) is 14.9. The molecule has 0 saturated heterocycles. The minimum atomic E-state index is -0.280. The molecular formula is C21H24FNO. The molecule has 0 saturated carbocycles. The van der Waals surface area contributed by atoms with Crippen molar-refractivity contribution in [2.75, 3.05) is 0 Å². The second kappa shape index (κ2) is 7.43. The lowest BCUT2D eigenvalue weighted by atomic mass is 9.96. The van der Waals surface area contributed by atoms with E-state index >= 15 is 0 Å². The Morgan fingerprint density at radius 1 is 1.04 bits per heavy atom.